The van der Waals surface area contributed by atoms with E-state index in [1.807, 2.05) is 0 Å². The number of hydrogen-bond acceptors (Lipinski definition) is 6. The van der Waals surface area contributed by atoms with E-state index in [1.165, 1.54) is 12.1 Å². The number of carbonyl (C=O) groups excluding carboxylic acids is 4. The second-order valence-corrected chi connectivity index (χ2v) is 15.6. The molecule has 58 heavy (non-hydrogen) atoms. The lowest BCUT2D eigenvalue weighted by Crippen LogP contribution is -2.53. The van der Waals surface area contributed by atoms with Gasteiger partial charge in [-0.1, -0.05) is 47.5 Å². The normalized spacial score (nSPS) is 25.8. The van der Waals surface area contributed by atoms with Crippen LogP contribution in [0.3, 0.4) is 0 Å². The zero-order chi connectivity index (χ0) is 41.8. The number of aromatic hydroxyl groups is 1. The van der Waals surface area contributed by atoms with Crippen LogP contribution < -0.4 is 10.3 Å². The zero-order valence-corrected chi connectivity index (χ0v) is 31.1. The molecule has 2 aliphatic carbocycles. The Hall–Kier alpha value is -5.70. The number of nitrogens with one attached hydrogen (secondary N) is 1. The monoisotopic (exact) mass is 825 g/mol. The summed E-state index contributed by atoms with van der Waals surface area (Å²) in [5, 5.41) is 12.0. The SMILES string of the molecule is Cc1cc([C@H]2C3=CC[C@@H]4C(=O)N(c5cc(C(F)(F)F)cc(C(F)(F)F)c5)C(=O)[C@@H]4[C@@H]3C[C@H]3C(=O)N(Nc4ccc(F)cc4)C(=O)[C@@]23c2ccc(Cl)cc2)cc(C)c1O. The summed E-state index contributed by atoms with van der Waals surface area (Å²) in [6.45, 7) is 3.27. The molecule has 4 aromatic rings. The minimum absolute atomic E-state index is 0.0363. The molecule has 2 heterocycles. The van der Waals surface area contributed by atoms with Gasteiger partial charge < -0.3 is 5.11 Å². The molecular formula is C42H31ClF7N3O5. The van der Waals surface area contributed by atoms with E-state index in [9.17, 15) is 50.2 Å². The van der Waals surface area contributed by atoms with Crippen LogP contribution in [0.4, 0.5) is 42.1 Å². The Morgan fingerprint density at radius 1 is 0.776 bits per heavy atom. The van der Waals surface area contributed by atoms with Crippen LogP contribution in [0.1, 0.15) is 52.1 Å². The van der Waals surface area contributed by atoms with Gasteiger partial charge in [0.05, 0.1) is 45.7 Å². The minimum atomic E-state index is -5.26. The number of hydrazine groups is 1. The fourth-order valence-electron chi connectivity index (χ4n) is 9.51. The lowest BCUT2D eigenvalue weighted by Gasteiger charge is -2.50. The highest BCUT2D eigenvalue weighted by atomic mass is 35.5. The number of fused-ring (bicyclic) bond motifs is 4. The largest absolute Gasteiger partial charge is 0.507 e. The molecule has 2 aliphatic heterocycles. The van der Waals surface area contributed by atoms with Crippen molar-refractivity contribution < 1.29 is 55.0 Å². The van der Waals surface area contributed by atoms with Crippen molar-refractivity contribution in [3.05, 3.63) is 135 Å². The third-order valence-electron chi connectivity index (χ3n) is 11.9. The molecule has 0 radical (unpaired) electrons. The molecule has 1 saturated carbocycles. The summed E-state index contributed by atoms with van der Waals surface area (Å²) in [5.74, 6) is -10.1. The van der Waals surface area contributed by atoms with Crippen LogP contribution in [-0.4, -0.2) is 33.7 Å². The first kappa shape index (κ1) is 39.1. The first-order valence-electron chi connectivity index (χ1n) is 18.1. The van der Waals surface area contributed by atoms with Gasteiger partial charge in [0.1, 0.15) is 11.6 Å². The Bertz CT molecular complexity index is 2400. The molecule has 0 bridgehead atoms. The molecule has 2 saturated heterocycles. The number of anilines is 2. The van der Waals surface area contributed by atoms with E-state index in [0.29, 0.717) is 49.9 Å². The Morgan fingerprint density at radius 3 is 1.93 bits per heavy atom. The Kier molecular flexibility index (Phi) is 9.06. The highest BCUT2D eigenvalue weighted by molar-refractivity contribution is 6.30. The van der Waals surface area contributed by atoms with Gasteiger partial charge in [0.2, 0.25) is 11.8 Å². The fourth-order valence-corrected chi connectivity index (χ4v) is 9.63. The van der Waals surface area contributed by atoms with E-state index in [4.69, 9.17) is 11.6 Å². The number of hydrogen-bond donors (Lipinski definition) is 2. The van der Waals surface area contributed by atoms with Gasteiger partial charge in [-0.25, -0.2) is 9.29 Å². The van der Waals surface area contributed by atoms with Crippen LogP contribution in [0, 0.1) is 43.3 Å². The van der Waals surface area contributed by atoms with Crippen molar-refractivity contribution in [1.29, 1.82) is 0 Å². The van der Waals surface area contributed by atoms with Crippen LogP contribution in [0.25, 0.3) is 0 Å². The third kappa shape index (κ3) is 5.95. The lowest BCUT2D eigenvalue weighted by molar-refractivity contribution is -0.143. The molecule has 6 atom stereocenters. The Morgan fingerprint density at radius 2 is 1.36 bits per heavy atom. The molecule has 8 rings (SSSR count). The van der Waals surface area contributed by atoms with Gasteiger partial charge in [-0.2, -0.15) is 31.4 Å². The molecule has 4 aromatic carbocycles. The first-order valence-corrected chi connectivity index (χ1v) is 18.4. The van der Waals surface area contributed by atoms with Crippen LogP contribution in [0.2, 0.25) is 5.02 Å². The van der Waals surface area contributed by atoms with Crippen LogP contribution in [-0.2, 0) is 36.9 Å². The molecular weight excluding hydrogens is 795 g/mol. The van der Waals surface area contributed by atoms with Gasteiger partial charge in [-0.3, -0.25) is 24.6 Å². The maximum absolute atomic E-state index is 15.3. The zero-order valence-electron chi connectivity index (χ0n) is 30.4. The number of phenolic OH excluding ortho intramolecular Hbond substituents is 1. The number of imide groups is 2. The van der Waals surface area contributed by atoms with Crippen molar-refractivity contribution in [1.82, 2.24) is 5.01 Å². The van der Waals surface area contributed by atoms with Crippen molar-refractivity contribution in [2.45, 2.75) is 50.4 Å². The van der Waals surface area contributed by atoms with E-state index < -0.39 is 93.6 Å². The highest BCUT2D eigenvalue weighted by Gasteiger charge is 2.70. The van der Waals surface area contributed by atoms with Crippen molar-refractivity contribution in [2.24, 2.45) is 23.7 Å². The molecule has 0 aromatic heterocycles. The number of phenols is 1. The summed E-state index contributed by atoms with van der Waals surface area (Å²) >= 11 is 6.31. The number of carbonyl (C=O) groups is 4. The van der Waals surface area contributed by atoms with Gasteiger partial charge in [0, 0.05) is 10.9 Å². The number of nitrogens with zero attached hydrogens (tertiary/aromatic N) is 2. The maximum atomic E-state index is 15.3. The Labute approximate surface area is 330 Å². The van der Waals surface area contributed by atoms with Crippen molar-refractivity contribution in [2.75, 3.05) is 10.3 Å². The topological polar surface area (TPSA) is 107 Å². The molecule has 3 fully saturated rings. The van der Waals surface area contributed by atoms with Crippen LogP contribution in [0.5, 0.6) is 5.75 Å². The molecule has 4 amide bonds. The molecule has 0 spiro atoms. The number of amides is 4. The second kappa shape index (κ2) is 13.4. The first-order chi connectivity index (χ1) is 27.2. The summed E-state index contributed by atoms with van der Waals surface area (Å²) < 4.78 is 97.4. The predicted molar refractivity (Wildman–Crippen MR) is 196 cm³/mol. The molecule has 8 nitrogen and oxygen atoms in total. The average Bonchev–Trinajstić information content (AvgIpc) is 3.54. The quantitative estimate of drug-likeness (QED) is 0.118. The summed E-state index contributed by atoms with van der Waals surface area (Å²) in [7, 11) is 0. The van der Waals surface area contributed by atoms with Gasteiger partial charge in [-0.05, 0) is 109 Å². The van der Waals surface area contributed by atoms with Crippen LogP contribution in [0.15, 0.2) is 90.5 Å². The van der Waals surface area contributed by atoms with Crippen molar-refractivity contribution in [3.8, 4) is 5.75 Å². The lowest BCUT2D eigenvalue weighted by atomic mass is 9.49. The fraction of sp³-hybridized carbons (Fsp3) is 0.286. The summed E-state index contributed by atoms with van der Waals surface area (Å²) in [6, 6.07) is 15.0. The highest BCUT2D eigenvalue weighted by Crippen LogP contribution is 2.64. The summed E-state index contributed by atoms with van der Waals surface area (Å²) in [5.41, 5.74) is -1.01. The number of allylic oxidation sites excluding steroid dienone is 2. The van der Waals surface area contributed by atoms with Crippen LogP contribution >= 0.6 is 11.6 Å². The number of rotatable bonds is 5. The second-order valence-electron chi connectivity index (χ2n) is 15.2. The number of alkyl halides is 6. The molecule has 0 unspecified atom stereocenters. The molecule has 16 heteroatoms. The van der Waals surface area contributed by atoms with E-state index in [-0.39, 0.29) is 30.3 Å². The summed E-state index contributed by atoms with van der Waals surface area (Å²) in [6.07, 6.45) is -9.26. The predicted octanol–water partition coefficient (Wildman–Crippen LogP) is 9.03. The summed E-state index contributed by atoms with van der Waals surface area (Å²) in [4.78, 5) is 59.1. The molecule has 300 valence electrons. The van der Waals surface area contributed by atoms with Gasteiger partial charge in [-0.15, -0.1) is 0 Å². The number of halogens is 8. The maximum Gasteiger partial charge on any atom is 0.416 e. The number of benzene rings is 4. The number of aryl methyl sites for hydroxylation is 2. The van der Waals surface area contributed by atoms with Gasteiger partial charge in [0.15, 0.2) is 0 Å². The average molecular weight is 826 g/mol. The smallest absolute Gasteiger partial charge is 0.416 e. The van der Waals surface area contributed by atoms with E-state index in [0.717, 1.165) is 17.1 Å². The van der Waals surface area contributed by atoms with Crippen molar-refractivity contribution in [3.63, 3.8) is 0 Å². The van der Waals surface area contributed by atoms with E-state index >= 15 is 4.79 Å². The van der Waals surface area contributed by atoms with E-state index in [1.54, 1.807) is 56.3 Å². The van der Waals surface area contributed by atoms with Gasteiger partial charge >= 0.3 is 12.4 Å². The Balaban J connectivity index is 1.32. The third-order valence-corrected chi connectivity index (χ3v) is 12.2. The van der Waals surface area contributed by atoms with Crippen molar-refractivity contribution >= 4 is 46.6 Å². The minimum Gasteiger partial charge on any atom is -0.507 e. The molecule has 4 aliphatic rings. The van der Waals surface area contributed by atoms with E-state index in [2.05, 4.69) is 5.43 Å². The van der Waals surface area contributed by atoms with Gasteiger partial charge in [0.25, 0.3) is 11.8 Å². The molecule has 2 N–H and O–H groups in total. The standard InChI is InChI=1S/C42H31ClF7N3O5/c1-19-13-21(14-20(2)35(19)54)34-29-11-12-30-33(38(57)52(36(30)55)28-16-23(41(45,46)47)15-24(17-28)42(48,49)50)31(29)18-32-37(56)53(51-27-9-7-26(44)8-10-27)39(58)40(32,34)22-3-5-25(43)6-4-22/h3-11,13-17,30-34,51,54H,12,18H2,1-2H3/t30-,31+,32-,33-,34-,40+/m0/s1.